The van der Waals surface area contributed by atoms with E-state index in [4.69, 9.17) is 11.6 Å². The Morgan fingerprint density at radius 3 is 2.74 bits per heavy atom. The fraction of sp³-hybridized carbons (Fsp3) is 0.333. The summed E-state index contributed by atoms with van der Waals surface area (Å²) in [7, 11) is 0. The average Bonchev–Trinajstić information content (AvgIpc) is 2.60. The molecule has 0 saturated carbocycles. The first-order chi connectivity index (χ1) is 12.5. The molecule has 2 aromatic rings. The topological polar surface area (TPSA) is 58.5 Å². The molecule has 27 heavy (non-hydrogen) atoms. The second-order valence-electron chi connectivity index (χ2n) is 5.45. The van der Waals surface area contributed by atoms with Gasteiger partial charge in [-0.2, -0.15) is 8.78 Å². The van der Waals surface area contributed by atoms with E-state index in [0.717, 1.165) is 11.3 Å². The lowest BCUT2D eigenvalue weighted by atomic mass is 10.2. The fourth-order valence-corrected chi connectivity index (χ4v) is 2.45. The van der Waals surface area contributed by atoms with Crippen molar-refractivity contribution < 1.29 is 13.5 Å². The van der Waals surface area contributed by atoms with Gasteiger partial charge in [-0.05, 0) is 43.7 Å². The summed E-state index contributed by atoms with van der Waals surface area (Å²) in [5.74, 6) is 0.602. The smallest absolute Gasteiger partial charge is 0.387 e. The Morgan fingerprint density at radius 2 is 2.07 bits per heavy atom. The molecule has 1 heterocycles. The van der Waals surface area contributed by atoms with Crippen LogP contribution in [0.15, 0.2) is 41.5 Å². The Hall–Kier alpha value is -1.68. The van der Waals surface area contributed by atoms with E-state index in [0.29, 0.717) is 29.6 Å². The third-order valence-corrected chi connectivity index (χ3v) is 3.77. The second kappa shape index (κ2) is 11.9. The number of guanidine groups is 1. The van der Waals surface area contributed by atoms with Crippen molar-refractivity contribution >= 4 is 41.5 Å². The number of alkyl halides is 2. The van der Waals surface area contributed by atoms with Crippen LogP contribution in [-0.2, 0) is 13.1 Å². The molecule has 0 radical (unpaired) electrons. The van der Waals surface area contributed by atoms with E-state index < -0.39 is 6.61 Å². The van der Waals surface area contributed by atoms with E-state index in [1.165, 1.54) is 12.1 Å². The van der Waals surface area contributed by atoms with Crippen molar-refractivity contribution in [1.29, 1.82) is 0 Å². The molecule has 0 aliphatic carbocycles. The zero-order chi connectivity index (χ0) is 18.9. The highest BCUT2D eigenvalue weighted by atomic mass is 127. The first-order valence-electron chi connectivity index (χ1n) is 8.15. The summed E-state index contributed by atoms with van der Waals surface area (Å²) in [6.45, 7) is 2.30. The van der Waals surface area contributed by atoms with Crippen LogP contribution in [0.5, 0.6) is 5.75 Å². The summed E-state index contributed by atoms with van der Waals surface area (Å²) in [6.07, 6.45) is 1.73. The molecule has 2 N–H and O–H groups in total. The third kappa shape index (κ3) is 7.84. The van der Waals surface area contributed by atoms with E-state index in [2.05, 4.69) is 25.3 Å². The quantitative estimate of drug-likeness (QED) is 0.327. The van der Waals surface area contributed by atoms with Crippen molar-refractivity contribution in [1.82, 2.24) is 15.6 Å². The van der Waals surface area contributed by atoms with Gasteiger partial charge in [-0.25, -0.2) is 4.99 Å². The number of rotatable bonds is 7. The molecule has 2 rings (SSSR count). The van der Waals surface area contributed by atoms with Gasteiger partial charge in [0.05, 0.1) is 18.8 Å². The molecule has 1 aromatic heterocycles. The minimum absolute atomic E-state index is 0. The Labute approximate surface area is 179 Å². The first kappa shape index (κ1) is 23.4. The summed E-state index contributed by atoms with van der Waals surface area (Å²) in [6, 6.07) is 8.34. The van der Waals surface area contributed by atoms with Gasteiger partial charge in [-0.15, -0.1) is 24.0 Å². The predicted molar refractivity (Wildman–Crippen MR) is 114 cm³/mol. The highest BCUT2D eigenvalue weighted by molar-refractivity contribution is 14.0. The summed E-state index contributed by atoms with van der Waals surface area (Å²) in [5, 5.41) is 6.71. The number of aliphatic imine (C=N–C) groups is 1. The maximum atomic E-state index is 12.5. The van der Waals surface area contributed by atoms with Gasteiger partial charge in [0.25, 0.3) is 0 Å². The number of benzene rings is 1. The predicted octanol–water partition coefficient (Wildman–Crippen LogP) is 4.52. The van der Waals surface area contributed by atoms with Crippen molar-refractivity contribution in [3.8, 4) is 5.75 Å². The zero-order valence-corrected chi connectivity index (χ0v) is 18.1. The van der Waals surface area contributed by atoms with E-state index in [9.17, 15) is 8.78 Å². The number of halogens is 4. The normalized spacial score (nSPS) is 11.1. The standard InChI is InChI=1S/C18H21ClF2N4O.HI/c1-3-22-18(25-11-15-12(2)5-4-8-23-15)24-10-13-9-14(19)6-7-16(13)26-17(20)21;/h4-9,17H,3,10-11H2,1-2H3,(H2,22,24,25);1H. The van der Waals surface area contributed by atoms with Gasteiger partial charge in [0.1, 0.15) is 5.75 Å². The van der Waals surface area contributed by atoms with Crippen LogP contribution in [-0.4, -0.2) is 24.1 Å². The maximum absolute atomic E-state index is 12.5. The van der Waals surface area contributed by atoms with Crippen LogP contribution >= 0.6 is 35.6 Å². The molecule has 9 heteroatoms. The molecule has 1 aromatic carbocycles. The lowest BCUT2D eigenvalue weighted by Gasteiger charge is -2.13. The fourth-order valence-electron chi connectivity index (χ4n) is 2.26. The number of hydrogen-bond acceptors (Lipinski definition) is 3. The lowest BCUT2D eigenvalue weighted by Crippen LogP contribution is -2.37. The van der Waals surface area contributed by atoms with Crippen molar-refractivity contribution in [2.45, 2.75) is 33.5 Å². The van der Waals surface area contributed by atoms with Gasteiger partial charge >= 0.3 is 6.61 Å². The van der Waals surface area contributed by atoms with Crippen LogP contribution in [0, 0.1) is 6.92 Å². The Bertz CT molecular complexity index is 762. The van der Waals surface area contributed by atoms with Crippen LogP contribution < -0.4 is 15.4 Å². The number of nitrogens with one attached hydrogen (secondary N) is 2. The molecular formula is C18H22ClF2IN4O. The lowest BCUT2D eigenvalue weighted by molar-refractivity contribution is -0.0504. The third-order valence-electron chi connectivity index (χ3n) is 3.53. The molecule has 0 bridgehead atoms. The zero-order valence-electron chi connectivity index (χ0n) is 15.0. The molecule has 0 aliphatic heterocycles. The van der Waals surface area contributed by atoms with Crippen molar-refractivity contribution in [3.05, 3.63) is 58.4 Å². The molecule has 0 fully saturated rings. The van der Waals surface area contributed by atoms with Gasteiger partial charge in [0.15, 0.2) is 5.96 Å². The van der Waals surface area contributed by atoms with Crippen molar-refractivity contribution in [3.63, 3.8) is 0 Å². The van der Waals surface area contributed by atoms with E-state index >= 15 is 0 Å². The molecule has 5 nitrogen and oxygen atoms in total. The van der Waals surface area contributed by atoms with Crippen LogP contribution in [0.4, 0.5) is 8.78 Å². The summed E-state index contributed by atoms with van der Waals surface area (Å²) >= 11 is 5.96. The van der Waals surface area contributed by atoms with Crippen LogP contribution in [0.1, 0.15) is 23.7 Å². The highest BCUT2D eigenvalue weighted by Gasteiger charge is 2.10. The van der Waals surface area contributed by atoms with Crippen LogP contribution in [0.25, 0.3) is 0 Å². The Balaban J connectivity index is 0.00000364. The minimum Gasteiger partial charge on any atom is -0.434 e. The highest BCUT2D eigenvalue weighted by Crippen LogP contribution is 2.25. The molecular weight excluding hydrogens is 489 g/mol. The van der Waals surface area contributed by atoms with E-state index in [1.54, 1.807) is 12.3 Å². The largest absolute Gasteiger partial charge is 0.434 e. The average molecular weight is 511 g/mol. The number of hydrogen-bond donors (Lipinski definition) is 2. The van der Waals surface area contributed by atoms with E-state index in [-0.39, 0.29) is 36.3 Å². The molecule has 0 atom stereocenters. The molecule has 0 amide bonds. The minimum atomic E-state index is -2.91. The molecule has 0 spiro atoms. The Kier molecular flexibility index (Phi) is 10.3. The van der Waals surface area contributed by atoms with Gasteiger partial charge < -0.3 is 15.4 Å². The van der Waals surface area contributed by atoms with Gasteiger partial charge in [0, 0.05) is 23.3 Å². The first-order valence-corrected chi connectivity index (χ1v) is 8.53. The molecule has 0 saturated heterocycles. The van der Waals surface area contributed by atoms with Crippen molar-refractivity contribution in [2.24, 2.45) is 4.99 Å². The number of nitrogens with zero attached hydrogens (tertiary/aromatic N) is 2. The second-order valence-corrected chi connectivity index (χ2v) is 5.88. The summed E-state index contributed by atoms with van der Waals surface area (Å²) in [4.78, 5) is 8.74. The summed E-state index contributed by atoms with van der Waals surface area (Å²) in [5.41, 5.74) is 2.45. The van der Waals surface area contributed by atoms with Gasteiger partial charge in [-0.1, -0.05) is 17.7 Å². The summed E-state index contributed by atoms with van der Waals surface area (Å²) < 4.78 is 29.6. The van der Waals surface area contributed by atoms with Crippen molar-refractivity contribution in [2.75, 3.05) is 6.54 Å². The van der Waals surface area contributed by atoms with Crippen LogP contribution in [0.3, 0.4) is 0 Å². The monoisotopic (exact) mass is 510 g/mol. The maximum Gasteiger partial charge on any atom is 0.387 e. The van der Waals surface area contributed by atoms with E-state index in [1.807, 2.05) is 26.0 Å². The molecule has 0 aliphatic rings. The number of aryl methyl sites for hydroxylation is 1. The number of aromatic nitrogens is 1. The molecule has 148 valence electrons. The molecule has 0 unspecified atom stereocenters. The SMILES string of the molecule is CCNC(=NCc1cc(Cl)ccc1OC(F)F)NCc1ncccc1C.I. The van der Waals surface area contributed by atoms with Crippen LogP contribution in [0.2, 0.25) is 5.02 Å². The van der Waals surface area contributed by atoms with Gasteiger partial charge in [-0.3, -0.25) is 4.98 Å². The number of ether oxygens (including phenoxy) is 1. The van der Waals surface area contributed by atoms with Gasteiger partial charge in [0.2, 0.25) is 0 Å². The Morgan fingerprint density at radius 1 is 1.30 bits per heavy atom. The number of pyridine rings is 1.